The van der Waals surface area contributed by atoms with E-state index in [1.807, 2.05) is 36.1 Å². The quantitative estimate of drug-likeness (QED) is 0.726. The maximum Gasteiger partial charge on any atom is 0.257 e. The molecule has 0 spiro atoms. The first-order valence-electron chi connectivity index (χ1n) is 12.0. The molecule has 164 valence electrons. The normalized spacial score (nSPS) is 25.8. The van der Waals surface area contributed by atoms with Crippen molar-refractivity contribution in [3.8, 4) is 5.75 Å². The molecule has 2 fully saturated rings. The van der Waals surface area contributed by atoms with Crippen LogP contribution in [0.1, 0.15) is 81.5 Å². The summed E-state index contributed by atoms with van der Waals surface area (Å²) in [6, 6.07) is 7.77. The van der Waals surface area contributed by atoms with Crippen LogP contribution in [-0.2, 0) is 4.79 Å². The predicted molar refractivity (Wildman–Crippen MR) is 118 cm³/mol. The first kappa shape index (κ1) is 21.2. The van der Waals surface area contributed by atoms with E-state index in [1.165, 1.54) is 12.8 Å². The fraction of sp³-hybridized carbons (Fsp3) is 0.680. The molecular weight excluding hydrogens is 376 g/mol. The number of rotatable bonds is 3. The number of ether oxygens (including phenoxy) is 1. The van der Waals surface area contributed by atoms with E-state index in [0.717, 1.165) is 58.0 Å². The van der Waals surface area contributed by atoms with E-state index in [4.69, 9.17) is 4.74 Å². The molecule has 1 aromatic rings. The topological polar surface area (TPSA) is 49.9 Å². The first-order chi connectivity index (χ1) is 14.7. The van der Waals surface area contributed by atoms with Crippen LogP contribution in [0, 0.1) is 5.92 Å². The van der Waals surface area contributed by atoms with Crippen molar-refractivity contribution >= 4 is 11.8 Å². The minimum atomic E-state index is -0.0355. The summed E-state index contributed by atoms with van der Waals surface area (Å²) >= 11 is 0. The molecule has 2 saturated carbocycles. The molecule has 0 unspecified atom stereocenters. The Morgan fingerprint density at radius 3 is 2.57 bits per heavy atom. The summed E-state index contributed by atoms with van der Waals surface area (Å²) in [6.45, 7) is 4.31. The van der Waals surface area contributed by atoms with Crippen LogP contribution in [0.2, 0.25) is 0 Å². The van der Waals surface area contributed by atoms with Gasteiger partial charge in [0.25, 0.3) is 5.91 Å². The highest BCUT2D eigenvalue weighted by atomic mass is 16.5. The number of amides is 2. The van der Waals surface area contributed by atoms with Gasteiger partial charge >= 0.3 is 0 Å². The molecular formula is C25H36N2O3. The van der Waals surface area contributed by atoms with Gasteiger partial charge in [-0.25, -0.2) is 0 Å². The molecule has 2 aliphatic carbocycles. The van der Waals surface area contributed by atoms with Crippen LogP contribution in [-0.4, -0.2) is 53.4 Å². The average Bonchev–Trinajstić information content (AvgIpc) is 3.57. The number of benzene rings is 1. The number of carbonyl (C=O) groups is 2. The van der Waals surface area contributed by atoms with E-state index in [-0.39, 0.29) is 18.1 Å². The highest BCUT2D eigenvalue weighted by Gasteiger charge is 2.37. The van der Waals surface area contributed by atoms with Crippen LogP contribution in [0.5, 0.6) is 5.75 Å². The van der Waals surface area contributed by atoms with Crippen molar-refractivity contribution in [2.45, 2.75) is 83.3 Å². The molecule has 0 saturated heterocycles. The molecule has 0 aromatic heterocycles. The number of fused-ring (bicyclic) bond motifs is 2. The van der Waals surface area contributed by atoms with Gasteiger partial charge < -0.3 is 14.5 Å². The van der Waals surface area contributed by atoms with Crippen LogP contribution in [0.4, 0.5) is 0 Å². The SMILES string of the molecule is CCN1CCCCCN(C(=O)CC2CC2)[C@@H]2CCCC[C@@H]2Oc2ccccc2C1=O. The Balaban J connectivity index is 1.63. The van der Waals surface area contributed by atoms with Gasteiger partial charge in [0.05, 0.1) is 11.6 Å². The molecule has 3 aliphatic rings. The largest absolute Gasteiger partial charge is 0.487 e. The smallest absolute Gasteiger partial charge is 0.257 e. The Labute approximate surface area is 180 Å². The Morgan fingerprint density at radius 2 is 1.77 bits per heavy atom. The maximum absolute atomic E-state index is 13.2. The highest BCUT2D eigenvalue weighted by Crippen LogP contribution is 2.35. The van der Waals surface area contributed by atoms with E-state index in [2.05, 4.69) is 4.90 Å². The summed E-state index contributed by atoms with van der Waals surface area (Å²) < 4.78 is 6.54. The molecule has 5 heteroatoms. The van der Waals surface area contributed by atoms with Crippen molar-refractivity contribution in [1.82, 2.24) is 9.80 Å². The number of carbonyl (C=O) groups excluding carboxylic acids is 2. The second-order valence-corrected chi connectivity index (χ2v) is 9.18. The van der Waals surface area contributed by atoms with E-state index >= 15 is 0 Å². The summed E-state index contributed by atoms with van der Waals surface area (Å²) in [5, 5.41) is 0. The standard InChI is InChI=1S/C25H36N2O3/c1-2-26-16-8-3-9-17-27(24(28)18-19-14-15-19)21-11-5-7-13-23(21)30-22-12-6-4-10-20(22)25(26)29/h4,6,10,12,19,21,23H,2-3,5,7-9,11,13-18H2,1H3/t21-,23+/m1/s1. The van der Waals surface area contributed by atoms with Crippen molar-refractivity contribution < 1.29 is 14.3 Å². The van der Waals surface area contributed by atoms with Gasteiger partial charge in [0, 0.05) is 26.1 Å². The average molecular weight is 413 g/mol. The molecule has 0 bridgehead atoms. The van der Waals surface area contributed by atoms with Crippen molar-refractivity contribution in [2.24, 2.45) is 5.92 Å². The Kier molecular flexibility index (Phi) is 6.96. The lowest BCUT2D eigenvalue weighted by atomic mass is 9.90. The number of hydrogen-bond acceptors (Lipinski definition) is 3. The Bertz CT molecular complexity index is 746. The lowest BCUT2D eigenvalue weighted by Gasteiger charge is -2.40. The van der Waals surface area contributed by atoms with Gasteiger partial charge in [0.1, 0.15) is 11.9 Å². The highest BCUT2D eigenvalue weighted by molar-refractivity contribution is 5.97. The lowest BCUT2D eigenvalue weighted by molar-refractivity contribution is -0.137. The number of nitrogens with zero attached hydrogens (tertiary/aromatic N) is 2. The zero-order valence-corrected chi connectivity index (χ0v) is 18.4. The van der Waals surface area contributed by atoms with Gasteiger partial charge in [-0.05, 0) is 76.3 Å². The van der Waals surface area contributed by atoms with Gasteiger partial charge in [-0.1, -0.05) is 18.6 Å². The van der Waals surface area contributed by atoms with Crippen molar-refractivity contribution in [3.63, 3.8) is 0 Å². The van der Waals surface area contributed by atoms with E-state index in [9.17, 15) is 9.59 Å². The van der Waals surface area contributed by atoms with E-state index in [0.29, 0.717) is 36.1 Å². The summed E-state index contributed by atoms with van der Waals surface area (Å²) in [5.41, 5.74) is 0.652. The molecule has 30 heavy (non-hydrogen) atoms. The van der Waals surface area contributed by atoms with E-state index in [1.54, 1.807) is 0 Å². The molecule has 1 heterocycles. The van der Waals surface area contributed by atoms with Gasteiger partial charge in [0.2, 0.25) is 5.91 Å². The van der Waals surface area contributed by atoms with Crippen LogP contribution in [0.3, 0.4) is 0 Å². The Morgan fingerprint density at radius 1 is 1.00 bits per heavy atom. The minimum Gasteiger partial charge on any atom is -0.487 e. The van der Waals surface area contributed by atoms with E-state index < -0.39 is 0 Å². The van der Waals surface area contributed by atoms with Crippen LogP contribution >= 0.6 is 0 Å². The van der Waals surface area contributed by atoms with Gasteiger partial charge in [0.15, 0.2) is 0 Å². The summed E-state index contributed by atoms with van der Waals surface area (Å²) in [4.78, 5) is 30.5. The van der Waals surface area contributed by atoms with Gasteiger partial charge in [-0.2, -0.15) is 0 Å². The minimum absolute atomic E-state index is 0.0355. The lowest BCUT2D eigenvalue weighted by Crippen LogP contribution is -2.51. The molecule has 2 amide bonds. The second kappa shape index (κ2) is 9.84. The van der Waals surface area contributed by atoms with Gasteiger partial charge in [-0.3, -0.25) is 9.59 Å². The maximum atomic E-state index is 13.2. The third kappa shape index (κ3) is 4.98. The van der Waals surface area contributed by atoms with Crippen LogP contribution < -0.4 is 4.74 Å². The fourth-order valence-corrected chi connectivity index (χ4v) is 4.98. The van der Waals surface area contributed by atoms with Crippen LogP contribution in [0.15, 0.2) is 24.3 Å². The molecule has 0 N–H and O–H groups in total. The summed E-state index contributed by atoms with van der Waals surface area (Å²) in [7, 11) is 0. The summed E-state index contributed by atoms with van der Waals surface area (Å²) in [5.74, 6) is 1.64. The van der Waals surface area contributed by atoms with Gasteiger partial charge in [-0.15, -0.1) is 0 Å². The zero-order chi connectivity index (χ0) is 20.9. The monoisotopic (exact) mass is 412 g/mol. The van der Waals surface area contributed by atoms with Crippen LogP contribution in [0.25, 0.3) is 0 Å². The number of para-hydroxylation sites is 1. The predicted octanol–water partition coefficient (Wildman–Crippen LogP) is 4.65. The molecule has 2 atom stereocenters. The zero-order valence-electron chi connectivity index (χ0n) is 18.4. The first-order valence-corrected chi connectivity index (χ1v) is 12.0. The summed E-state index contributed by atoms with van der Waals surface area (Å²) in [6.07, 6.45) is 10.3. The molecule has 5 nitrogen and oxygen atoms in total. The Hall–Kier alpha value is -2.04. The van der Waals surface area contributed by atoms with Crippen molar-refractivity contribution in [2.75, 3.05) is 19.6 Å². The second-order valence-electron chi connectivity index (χ2n) is 9.18. The molecule has 0 radical (unpaired) electrons. The van der Waals surface area contributed by atoms with Crippen molar-refractivity contribution in [3.05, 3.63) is 29.8 Å². The molecule has 1 aliphatic heterocycles. The molecule has 1 aromatic carbocycles. The third-order valence-electron chi connectivity index (χ3n) is 6.94. The molecule has 4 rings (SSSR count). The third-order valence-corrected chi connectivity index (χ3v) is 6.94. The fourth-order valence-electron chi connectivity index (χ4n) is 4.98. The van der Waals surface area contributed by atoms with Crippen molar-refractivity contribution in [1.29, 1.82) is 0 Å². The number of hydrogen-bond donors (Lipinski definition) is 0.